The summed E-state index contributed by atoms with van der Waals surface area (Å²) in [5.74, 6) is 0. The van der Waals surface area contributed by atoms with Gasteiger partial charge in [0.05, 0.1) is 6.61 Å². The molecule has 2 aromatic rings. The highest BCUT2D eigenvalue weighted by molar-refractivity contribution is 14.1. The summed E-state index contributed by atoms with van der Waals surface area (Å²) in [6.07, 6.45) is 0. The second-order valence-corrected chi connectivity index (χ2v) is 5.56. The highest BCUT2D eigenvalue weighted by Gasteiger charge is 2.09. The van der Waals surface area contributed by atoms with Gasteiger partial charge in [-0.15, -0.1) is 11.3 Å². The van der Waals surface area contributed by atoms with Crippen LogP contribution in [0.5, 0.6) is 0 Å². The van der Waals surface area contributed by atoms with E-state index >= 15 is 0 Å². The van der Waals surface area contributed by atoms with Crippen molar-refractivity contribution >= 4 is 59.9 Å². The number of rotatable bonds is 2. The van der Waals surface area contributed by atoms with Crippen molar-refractivity contribution in [2.45, 2.75) is 11.9 Å². The Balaban J connectivity index is 2.76. The van der Waals surface area contributed by atoms with Crippen LogP contribution in [0.15, 0.2) is 17.5 Å². The van der Waals surface area contributed by atoms with Gasteiger partial charge in [0.25, 0.3) is 0 Å². The largest absolute Gasteiger partial charge is 0.392 e. The van der Waals surface area contributed by atoms with E-state index in [1.54, 1.807) is 11.3 Å². The number of aliphatic hydroxyl groups excluding tert-OH is 1. The third kappa shape index (κ3) is 1.73. The fraction of sp³-hybridized carbons (Fsp3) is 0.200. The summed E-state index contributed by atoms with van der Waals surface area (Å²) in [5, 5.41) is 13.6. The SMILES string of the molecule is OCc1c(I)ccc2c(CBr)csc12. The van der Waals surface area contributed by atoms with Crippen LogP contribution in [0.2, 0.25) is 0 Å². The van der Waals surface area contributed by atoms with Gasteiger partial charge in [-0.1, -0.05) is 22.0 Å². The van der Waals surface area contributed by atoms with Crippen LogP contribution in [0.4, 0.5) is 0 Å². The molecule has 1 aromatic carbocycles. The van der Waals surface area contributed by atoms with Crippen LogP contribution in [0, 0.1) is 3.57 Å². The highest BCUT2D eigenvalue weighted by atomic mass is 127. The molecule has 0 aliphatic heterocycles. The Hall–Kier alpha value is 0.350. The van der Waals surface area contributed by atoms with Gasteiger partial charge in [-0.2, -0.15) is 0 Å². The van der Waals surface area contributed by atoms with Crippen LogP contribution in [0.3, 0.4) is 0 Å². The van der Waals surface area contributed by atoms with Crippen molar-refractivity contribution in [1.82, 2.24) is 0 Å². The van der Waals surface area contributed by atoms with Crippen molar-refractivity contribution in [1.29, 1.82) is 0 Å². The van der Waals surface area contributed by atoms with E-state index in [4.69, 9.17) is 0 Å². The number of thiophene rings is 1. The van der Waals surface area contributed by atoms with Crippen molar-refractivity contribution < 1.29 is 5.11 Å². The third-order valence-corrected chi connectivity index (χ3v) is 4.89. The third-order valence-electron chi connectivity index (χ3n) is 2.17. The molecule has 74 valence electrons. The van der Waals surface area contributed by atoms with E-state index in [9.17, 15) is 5.11 Å². The number of hydrogen-bond donors (Lipinski definition) is 1. The Labute approximate surface area is 108 Å². The van der Waals surface area contributed by atoms with Crippen molar-refractivity contribution in [3.05, 3.63) is 32.2 Å². The zero-order valence-electron chi connectivity index (χ0n) is 7.26. The molecule has 0 amide bonds. The molecule has 0 radical (unpaired) electrons. The maximum Gasteiger partial charge on any atom is 0.0706 e. The van der Waals surface area contributed by atoms with Gasteiger partial charge in [0, 0.05) is 19.2 Å². The van der Waals surface area contributed by atoms with Gasteiger partial charge in [0.1, 0.15) is 0 Å². The maximum atomic E-state index is 9.29. The lowest BCUT2D eigenvalue weighted by atomic mass is 10.1. The number of alkyl halides is 1. The van der Waals surface area contributed by atoms with E-state index in [0.717, 1.165) is 14.5 Å². The summed E-state index contributed by atoms with van der Waals surface area (Å²) in [5.41, 5.74) is 2.36. The minimum absolute atomic E-state index is 0.123. The number of benzene rings is 1. The average molecular weight is 383 g/mol. The molecule has 1 N–H and O–H groups in total. The lowest BCUT2D eigenvalue weighted by Gasteiger charge is -2.02. The van der Waals surface area contributed by atoms with E-state index in [1.165, 1.54) is 15.6 Å². The molecule has 14 heavy (non-hydrogen) atoms. The fourth-order valence-electron chi connectivity index (χ4n) is 1.44. The monoisotopic (exact) mass is 382 g/mol. The molecular weight excluding hydrogens is 375 g/mol. The molecule has 0 aliphatic rings. The van der Waals surface area contributed by atoms with Gasteiger partial charge in [-0.05, 0) is 45.0 Å². The molecule has 1 heterocycles. The molecule has 0 fully saturated rings. The summed E-state index contributed by atoms with van der Waals surface area (Å²) in [6.45, 7) is 0.123. The Morgan fingerprint density at radius 2 is 2.21 bits per heavy atom. The topological polar surface area (TPSA) is 20.2 Å². The van der Waals surface area contributed by atoms with Crippen LogP contribution < -0.4 is 0 Å². The minimum Gasteiger partial charge on any atom is -0.392 e. The molecule has 1 nitrogen and oxygen atoms in total. The standard InChI is InChI=1S/C10H8BrIOS/c11-3-6-5-14-10-7(6)1-2-9(12)8(10)4-13/h1-2,5,13H,3-4H2. The first-order chi connectivity index (χ1) is 6.77. The second-order valence-electron chi connectivity index (χ2n) is 2.96. The second kappa shape index (κ2) is 4.47. The quantitative estimate of drug-likeness (QED) is 0.617. The Morgan fingerprint density at radius 1 is 1.43 bits per heavy atom. The van der Waals surface area contributed by atoms with Crippen molar-refractivity contribution in [2.24, 2.45) is 0 Å². The predicted octanol–water partition coefficient (Wildman–Crippen LogP) is 3.89. The van der Waals surface area contributed by atoms with Crippen LogP contribution in [0.1, 0.15) is 11.1 Å². The number of fused-ring (bicyclic) bond motifs is 1. The summed E-state index contributed by atoms with van der Waals surface area (Å²) in [6, 6.07) is 4.19. The maximum absolute atomic E-state index is 9.29. The first-order valence-corrected chi connectivity index (χ1v) is 7.20. The first-order valence-electron chi connectivity index (χ1n) is 4.12. The minimum atomic E-state index is 0.123. The molecule has 0 atom stereocenters. The summed E-state index contributed by atoms with van der Waals surface area (Å²) >= 11 is 7.44. The summed E-state index contributed by atoms with van der Waals surface area (Å²) in [4.78, 5) is 0. The zero-order valence-corrected chi connectivity index (χ0v) is 11.8. The van der Waals surface area contributed by atoms with E-state index in [0.29, 0.717) is 0 Å². The lowest BCUT2D eigenvalue weighted by Crippen LogP contribution is -1.88. The average Bonchev–Trinajstić information content (AvgIpc) is 2.60. The zero-order chi connectivity index (χ0) is 10.1. The molecule has 1 aromatic heterocycles. The molecule has 0 spiro atoms. The molecule has 2 rings (SSSR count). The van der Waals surface area contributed by atoms with E-state index in [1.807, 2.05) is 0 Å². The van der Waals surface area contributed by atoms with Gasteiger partial charge in [-0.25, -0.2) is 0 Å². The number of hydrogen-bond acceptors (Lipinski definition) is 2. The van der Waals surface area contributed by atoms with Crippen molar-refractivity contribution in [2.75, 3.05) is 0 Å². The Kier molecular flexibility index (Phi) is 3.46. The van der Waals surface area contributed by atoms with E-state index < -0.39 is 0 Å². The number of aliphatic hydroxyl groups is 1. The molecule has 0 bridgehead atoms. The van der Waals surface area contributed by atoms with Crippen molar-refractivity contribution in [3.63, 3.8) is 0 Å². The Morgan fingerprint density at radius 3 is 2.86 bits per heavy atom. The molecule has 0 saturated heterocycles. The fourth-order valence-corrected chi connectivity index (χ4v) is 4.03. The molecular formula is C10H8BrIOS. The van der Waals surface area contributed by atoms with E-state index in [2.05, 4.69) is 56.0 Å². The molecule has 0 unspecified atom stereocenters. The number of halogens is 2. The van der Waals surface area contributed by atoms with E-state index in [-0.39, 0.29) is 6.61 Å². The van der Waals surface area contributed by atoms with Gasteiger partial charge in [-0.3, -0.25) is 0 Å². The van der Waals surface area contributed by atoms with Gasteiger partial charge >= 0.3 is 0 Å². The van der Waals surface area contributed by atoms with Crippen LogP contribution in [-0.2, 0) is 11.9 Å². The van der Waals surface area contributed by atoms with Gasteiger partial charge < -0.3 is 5.11 Å². The smallest absolute Gasteiger partial charge is 0.0706 e. The molecule has 4 heteroatoms. The first kappa shape index (κ1) is 10.9. The summed E-state index contributed by atoms with van der Waals surface area (Å²) < 4.78 is 2.36. The normalized spacial score (nSPS) is 11.1. The van der Waals surface area contributed by atoms with Crippen LogP contribution in [0.25, 0.3) is 10.1 Å². The molecule has 0 saturated carbocycles. The highest BCUT2D eigenvalue weighted by Crippen LogP contribution is 2.32. The molecule has 0 aliphatic carbocycles. The van der Waals surface area contributed by atoms with Crippen LogP contribution in [-0.4, -0.2) is 5.11 Å². The lowest BCUT2D eigenvalue weighted by molar-refractivity contribution is 0.282. The van der Waals surface area contributed by atoms with Gasteiger partial charge in [0.15, 0.2) is 0 Å². The van der Waals surface area contributed by atoms with Crippen LogP contribution >= 0.6 is 49.9 Å². The summed E-state index contributed by atoms with van der Waals surface area (Å²) in [7, 11) is 0. The Bertz CT molecular complexity index is 466. The van der Waals surface area contributed by atoms with Crippen molar-refractivity contribution in [3.8, 4) is 0 Å². The predicted molar refractivity (Wildman–Crippen MR) is 73.1 cm³/mol. The van der Waals surface area contributed by atoms with Gasteiger partial charge in [0.2, 0.25) is 0 Å².